The summed E-state index contributed by atoms with van der Waals surface area (Å²) < 4.78 is 7.90. The van der Waals surface area contributed by atoms with E-state index in [1.54, 1.807) is 11.3 Å². The van der Waals surface area contributed by atoms with E-state index in [1.165, 1.54) is 0 Å². The van der Waals surface area contributed by atoms with Gasteiger partial charge < -0.3 is 13.9 Å². The minimum Gasteiger partial charge on any atom is -0.420 e. The van der Waals surface area contributed by atoms with Gasteiger partial charge in [0, 0.05) is 53.6 Å². The quantitative estimate of drug-likeness (QED) is 0.498. The van der Waals surface area contributed by atoms with E-state index in [4.69, 9.17) is 4.42 Å². The van der Waals surface area contributed by atoms with E-state index in [1.807, 2.05) is 75.1 Å². The van der Waals surface area contributed by atoms with Crippen molar-refractivity contribution in [1.29, 1.82) is 0 Å². The minimum absolute atomic E-state index is 0.0759. The van der Waals surface area contributed by atoms with Gasteiger partial charge in [-0.1, -0.05) is 0 Å². The molecular formula is C22H20N4O2S. The molecule has 146 valence electrons. The van der Waals surface area contributed by atoms with E-state index in [-0.39, 0.29) is 11.8 Å². The molecular weight excluding hydrogens is 384 g/mol. The van der Waals surface area contributed by atoms with Crippen LogP contribution >= 0.6 is 11.3 Å². The molecule has 0 radical (unpaired) electrons. The molecule has 0 saturated carbocycles. The molecule has 1 amide bonds. The van der Waals surface area contributed by atoms with Crippen molar-refractivity contribution in [2.75, 3.05) is 13.1 Å². The summed E-state index contributed by atoms with van der Waals surface area (Å²) in [5.41, 5.74) is 2.73. The van der Waals surface area contributed by atoms with Crippen LogP contribution in [0.2, 0.25) is 0 Å². The number of thiophene rings is 1. The molecule has 1 fully saturated rings. The third-order valence-corrected chi connectivity index (χ3v) is 6.04. The van der Waals surface area contributed by atoms with Gasteiger partial charge in [-0.25, -0.2) is 0 Å². The van der Waals surface area contributed by atoms with Gasteiger partial charge in [0.1, 0.15) is 0 Å². The Morgan fingerprint density at radius 3 is 2.48 bits per heavy atom. The SMILES string of the molecule is O=C(c1ccc(-n2cccc2)cc1)N1CCC(c2nnc(-c3ccsc3)o2)CC1. The fourth-order valence-electron chi connectivity index (χ4n) is 3.70. The predicted octanol–water partition coefficient (Wildman–Crippen LogP) is 4.61. The van der Waals surface area contributed by atoms with Crippen LogP contribution in [0.5, 0.6) is 0 Å². The molecule has 4 heterocycles. The topological polar surface area (TPSA) is 64.2 Å². The molecule has 0 spiro atoms. The molecule has 0 unspecified atom stereocenters. The summed E-state index contributed by atoms with van der Waals surface area (Å²) in [5, 5.41) is 12.4. The summed E-state index contributed by atoms with van der Waals surface area (Å²) in [6.45, 7) is 1.39. The highest BCUT2D eigenvalue weighted by Gasteiger charge is 2.28. The number of rotatable bonds is 4. The fraction of sp³-hybridized carbons (Fsp3) is 0.227. The van der Waals surface area contributed by atoms with Gasteiger partial charge in [0.05, 0.1) is 0 Å². The molecule has 29 heavy (non-hydrogen) atoms. The van der Waals surface area contributed by atoms with Crippen molar-refractivity contribution in [3.63, 3.8) is 0 Å². The van der Waals surface area contributed by atoms with Gasteiger partial charge in [0.25, 0.3) is 5.91 Å². The van der Waals surface area contributed by atoms with Crippen LogP contribution in [0.15, 0.2) is 70.0 Å². The Hall–Kier alpha value is -3.19. The Bertz CT molecular complexity index is 1080. The van der Waals surface area contributed by atoms with E-state index in [0.717, 1.165) is 29.7 Å². The highest BCUT2D eigenvalue weighted by molar-refractivity contribution is 7.08. The molecule has 1 aromatic carbocycles. The molecule has 0 bridgehead atoms. The maximum Gasteiger partial charge on any atom is 0.253 e. The largest absolute Gasteiger partial charge is 0.420 e. The van der Waals surface area contributed by atoms with Crippen LogP contribution < -0.4 is 0 Å². The van der Waals surface area contributed by atoms with Crippen molar-refractivity contribution in [2.45, 2.75) is 18.8 Å². The van der Waals surface area contributed by atoms with Crippen LogP contribution in [0.1, 0.15) is 35.0 Å². The van der Waals surface area contributed by atoms with Gasteiger partial charge in [-0.05, 0) is 60.7 Å². The Labute approximate surface area is 172 Å². The number of hydrogen-bond donors (Lipinski definition) is 0. The maximum atomic E-state index is 12.9. The second-order valence-electron chi connectivity index (χ2n) is 7.16. The first-order valence-corrected chi connectivity index (χ1v) is 10.6. The van der Waals surface area contributed by atoms with Gasteiger partial charge >= 0.3 is 0 Å². The third-order valence-electron chi connectivity index (χ3n) is 5.36. The van der Waals surface area contributed by atoms with E-state index >= 15 is 0 Å². The van der Waals surface area contributed by atoms with Crippen molar-refractivity contribution in [3.8, 4) is 17.1 Å². The second-order valence-corrected chi connectivity index (χ2v) is 7.94. The Balaban J connectivity index is 1.22. The number of benzene rings is 1. The highest BCUT2D eigenvalue weighted by Crippen LogP contribution is 2.30. The number of likely N-dealkylation sites (tertiary alicyclic amines) is 1. The Morgan fingerprint density at radius 2 is 1.79 bits per heavy atom. The van der Waals surface area contributed by atoms with Gasteiger partial charge in [-0.3, -0.25) is 4.79 Å². The molecule has 7 heteroatoms. The van der Waals surface area contributed by atoms with Crippen LogP contribution in [0.3, 0.4) is 0 Å². The number of piperidine rings is 1. The molecule has 3 aromatic heterocycles. The maximum absolute atomic E-state index is 12.9. The predicted molar refractivity (Wildman–Crippen MR) is 111 cm³/mol. The van der Waals surface area contributed by atoms with Gasteiger partial charge in [-0.2, -0.15) is 11.3 Å². The van der Waals surface area contributed by atoms with E-state index in [9.17, 15) is 4.79 Å². The first-order valence-electron chi connectivity index (χ1n) is 9.66. The number of amides is 1. The van der Waals surface area contributed by atoms with Crippen LogP contribution in [0.4, 0.5) is 0 Å². The van der Waals surface area contributed by atoms with Crippen LogP contribution in [0.25, 0.3) is 17.1 Å². The molecule has 0 atom stereocenters. The van der Waals surface area contributed by atoms with Gasteiger partial charge in [0.2, 0.25) is 11.8 Å². The molecule has 6 nitrogen and oxygen atoms in total. The second kappa shape index (κ2) is 7.67. The zero-order chi connectivity index (χ0) is 19.6. The van der Waals surface area contributed by atoms with Crippen molar-refractivity contribution < 1.29 is 9.21 Å². The van der Waals surface area contributed by atoms with Crippen molar-refractivity contribution in [3.05, 3.63) is 77.1 Å². The number of aromatic nitrogens is 3. The molecule has 1 aliphatic rings. The third kappa shape index (κ3) is 3.61. The number of carbonyl (C=O) groups excluding carboxylic acids is 1. The number of nitrogens with zero attached hydrogens (tertiary/aromatic N) is 4. The standard InChI is InChI=1S/C22H20N4O2S/c27-22(17-3-5-19(6-4-17)25-10-1-2-11-25)26-12-7-16(8-13-26)20-23-24-21(28-20)18-9-14-29-15-18/h1-6,9-11,14-16H,7-8,12-13H2. The summed E-state index contributed by atoms with van der Waals surface area (Å²) in [5.74, 6) is 1.53. The van der Waals surface area contributed by atoms with E-state index in [2.05, 4.69) is 10.2 Å². The lowest BCUT2D eigenvalue weighted by molar-refractivity contribution is 0.0706. The zero-order valence-corrected chi connectivity index (χ0v) is 16.6. The van der Waals surface area contributed by atoms with Crippen LogP contribution in [-0.2, 0) is 0 Å². The lowest BCUT2D eigenvalue weighted by atomic mass is 9.96. The molecule has 1 saturated heterocycles. The summed E-state index contributed by atoms with van der Waals surface area (Å²) in [4.78, 5) is 14.8. The zero-order valence-electron chi connectivity index (χ0n) is 15.8. The first kappa shape index (κ1) is 17.9. The Morgan fingerprint density at radius 1 is 1.03 bits per heavy atom. The normalized spacial score (nSPS) is 15.0. The monoisotopic (exact) mass is 404 g/mol. The summed E-state index contributed by atoms with van der Waals surface area (Å²) >= 11 is 1.61. The molecule has 1 aliphatic heterocycles. The number of carbonyl (C=O) groups is 1. The highest BCUT2D eigenvalue weighted by atomic mass is 32.1. The summed E-state index contributed by atoms with van der Waals surface area (Å²) in [7, 11) is 0. The lowest BCUT2D eigenvalue weighted by Gasteiger charge is -2.30. The van der Waals surface area contributed by atoms with E-state index in [0.29, 0.717) is 24.9 Å². The molecule has 0 aliphatic carbocycles. The van der Waals surface area contributed by atoms with Crippen LogP contribution in [0, 0.1) is 0 Å². The smallest absolute Gasteiger partial charge is 0.253 e. The number of hydrogen-bond acceptors (Lipinski definition) is 5. The average Bonchev–Trinajstić information content (AvgIpc) is 3.55. The molecule has 5 rings (SSSR count). The van der Waals surface area contributed by atoms with Crippen LogP contribution in [-0.4, -0.2) is 38.7 Å². The average molecular weight is 404 g/mol. The van der Waals surface area contributed by atoms with Gasteiger partial charge in [0.15, 0.2) is 0 Å². The van der Waals surface area contributed by atoms with Crippen molar-refractivity contribution in [1.82, 2.24) is 19.7 Å². The van der Waals surface area contributed by atoms with Gasteiger partial charge in [-0.15, -0.1) is 10.2 Å². The fourth-order valence-corrected chi connectivity index (χ4v) is 4.33. The lowest BCUT2D eigenvalue weighted by Crippen LogP contribution is -2.38. The van der Waals surface area contributed by atoms with E-state index < -0.39 is 0 Å². The molecule has 4 aromatic rings. The minimum atomic E-state index is 0.0759. The first-order chi connectivity index (χ1) is 14.3. The molecule has 0 N–H and O–H groups in total. The Kier molecular flexibility index (Phi) is 4.73. The van der Waals surface area contributed by atoms with Crippen molar-refractivity contribution >= 4 is 17.2 Å². The van der Waals surface area contributed by atoms with Crippen molar-refractivity contribution in [2.24, 2.45) is 0 Å². The summed E-state index contributed by atoms with van der Waals surface area (Å²) in [6.07, 6.45) is 5.64. The summed E-state index contributed by atoms with van der Waals surface area (Å²) in [6, 6.07) is 13.7.